The largest absolute Gasteiger partial charge is 0.341 e. The van der Waals surface area contributed by atoms with E-state index in [-0.39, 0.29) is 11.8 Å². The highest BCUT2D eigenvalue weighted by Gasteiger charge is 2.32. The molecule has 1 saturated heterocycles. The van der Waals surface area contributed by atoms with Crippen LogP contribution >= 0.6 is 11.6 Å². The highest BCUT2D eigenvalue weighted by atomic mass is 35.5. The maximum Gasteiger partial charge on any atom is 0.226 e. The Bertz CT molecular complexity index is 1130. The maximum absolute atomic E-state index is 13.4. The van der Waals surface area contributed by atoms with Crippen molar-refractivity contribution in [3.05, 3.63) is 58.0 Å². The molecule has 7 nitrogen and oxygen atoms in total. The average molecular weight is 451 g/mol. The summed E-state index contributed by atoms with van der Waals surface area (Å²) in [7, 11) is 0. The molecule has 0 spiro atoms. The van der Waals surface area contributed by atoms with Gasteiger partial charge in [0.25, 0.3) is 0 Å². The number of nitrogens with zero attached hydrogens (tertiary/aromatic N) is 5. The van der Waals surface area contributed by atoms with Gasteiger partial charge < -0.3 is 9.80 Å². The van der Waals surface area contributed by atoms with Crippen LogP contribution in [0.3, 0.4) is 0 Å². The molecule has 2 aromatic heterocycles. The summed E-state index contributed by atoms with van der Waals surface area (Å²) in [4.78, 5) is 26.7. The number of halogens is 1. The monoisotopic (exact) mass is 450 g/mol. The fraction of sp³-hybridized carbons (Fsp3) is 0.417. The molecule has 166 valence electrons. The van der Waals surface area contributed by atoms with E-state index in [1.807, 2.05) is 49.1 Å². The number of benzene rings is 1. The molecule has 0 atom stereocenters. The number of nitrogens with one attached hydrogen (secondary N) is 1. The molecule has 1 amide bonds. The molecule has 1 aromatic carbocycles. The van der Waals surface area contributed by atoms with Gasteiger partial charge in [0, 0.05) is 71.7 Å². The van der Waals surface area contributed by atoms with Crippen LogP contribution in [0, 0.1) is 19.8 Å². The summed E-state index contributed by atoms with van der Waals surface area (Å²) in [6, 6.07) is 9.70. The molecule has 4 heterocycles. The summed E-state index contributed by atoms with van der Waals surface area (Å²) < 4.78 is 0. The van der Waals surface area contributed by atoms with Crippen molar-refractivity contribution in [1.82, 2.24) is 25.1 Å². The lowest BCUT2D eigenvalue weighted by Crippen LogP contribution is -2.44. The van der Waals surface area contributed by atoms with Crippen molar-refractivity contribution in [2.24, 2.45) is 5.92 Å². The van der Waals surface area contributed by atoms with Crippen molar-refractivity contribution in [2.75, 3.05) is 24.5 Å². The molecule has 0 unspecified atom stereocenters. The first-order valence-electron chi connectivity index (χ1n) is 11.2. The quantitative estimate of drug-likeness (QED) is 0.654. The minimum absolute atomic E-state index is 0.0419. The summed E-state index contributed by atoms with van der Waals surface area (Å²) in [5.74, 6) is 1.07. The SMILES string of the molecule is Cc1cc(C)nc(N2CCC(C(=O)N3CCc4[nH]nc(-c5cccc(Cl)c5)c4C3)CC2)n1. The number of aromatic nitrogens is 4. The standard InChI is InChI=1S/C24H27ClN6O/c1-15-12-16(2)27-24(26-15)30-9-6-17(7-10-30)23(32)31-11-8-21-20(14-31)22(29-28-21)18-4-3-5-19(25)13-18/h3-5,12-13,17H,6-11,14H2,1-2H3,(H,28,29). The number of anilines is 1. The van der Waals surface area contributed by atoms with Gasteiger partial charge in [-0.2, -0.15) is 5.10 Å². The van der Waals surface area contributed by atoms with Gasteiger partial charge in [0.05, 0.1) is 5.69 Å². The van der Waals surface area contributed by atoms with Crippen LogP contribution in [0.4, 0.5) is 5.95 Å². The third-order valence-electron chi connectivity index (χ3n) is 6.44. The zero-order valence-corrected chi connectivity index (χ0v) is 19.2. The van der Waals surface area contributed by atoms with Crippen molar-refractivity contribution in [3.8, 4) is 11.3 Å². The van der Waals surface area contributed by atoms with E-state index in [2.05, 4.69) is 25.1 Å². The molecule has 8 heteroatoms. The van der Waals surface area contributed by atoms with Gasteiger partial charge in [0.15, 0.2) is 0 Å². The van der Waals surface area contributed by atoms with Gasteiger partial charge in [0.2, 0.25) is 11.9 Å². The van der Waals surface area contributed by atoms with E-state index in [4.69, 9.17) is 11.6 Å². The Kier molecular flexibility index (Phi) is 5.59. The first kappa shape index (κ1) is 20.9. The van der Waals surface area contributed by atoms with E-state index >= 15 is 0 Å². The summed E-state index contributed by atoms with van der Waals surface area (Å²) in [6.07, 6.45) is 2.44. The Hall–Kier alpha value is -2.93. The summed E-state index contributed by atoms with van der Waals surface area (Å²) in [5.41, 5.74) is 6.04. The number of aromatic amines is 1. The number of carbonyl (C=O) groups is 1. The molecule has 1 fully saturated rings. The number of aryl methyl sites for hydroxylation is 2. The van der Waals surface area contributed by atoms with Crippen LogP contribution in [-0.4, -0.2) is 50.6 Å². The first-order valence-corrected chi connectivity index (χ1v) is 11.5. The van der Waals surface area contributed by atoms with Crippen molar-refractivity contribution in [2.45, 2.75) is 39.7 Å². The Labute approximate surface area is 192 Å². The van der Waals surface area contributed by atoms with Crippen molar-refractivity contribution in [1.29, 1.82) is 0 Å². The van der Waals surface area contributed by atoms with E-state index in [0.29, 0.717) is 11.6 Å². The lowest BCUT2D eigenvalue weighted by molar-refractivity contribution is -0.137. The van der Waals surface area contributed by atoms with E-state index in [0.717, 1.165) is 78.7 Å². The molecule has 2 aliphatic heterocycles. The smallest absolute Gasteiger partial charge is 0.226 e. The normalized spacial score (nSPS) is 16.8. The van der Waals surface area contributed by atoms with Gasteiger partial charge in [-0.05, 0) is 44.9 Å². The highest BCUT2D eigenvalue weighted by Crippen LogP contribution is 2.31. The number of carbonyl (C=O) groups excluding carboxylic acids is 1. The molecule has 0 saturated carbocycles. The molecular weight excluding hydrogens is 424 g/mol. The topological polar surface area (TPSA) is 78.0 Å². The molecule has 0 radical (unpaired) electrons. The van der Waals surface area contributed by atoms with Gasteiger partial charge in [-0.15, -0.1) is 0 Å². The predicted molar refractivity (Wildman–Crippen MR) is 125 cm³/mol. The predicted octanol–water partition coefficient (Wildman–Crippen LogP) is 3.94. The second-order valence-electron chi connectivity index (χ2n) is 8.76. The fourth-order valence-electron chi connectivity index (χ4n) is 4.79. The Morgan fingerprint density at radius 2 is 1.84 bits per heavy atom. The van der Waals surface area contributed by atoms with Crippen molar-refractivity contribution >= 4 is 23.5 Å². The number of piperidine rings is 1. The Balaban J connectivity index is 1.27. The van der Waals surface area contributed by atoms with Gasteiger partial charge >= 0.3 is 0 Å². The van der Waals surface area contributed by atoms with Gasteiger partial charge in [-0.1, -0.05) is 23.7 Å². The molecule has 2 aliphatic rings. The Morgan fingerprint density at radius 3 is 2.56 bits per heavy atom. The van der Waals surface area contributed by atoms with Crippen LogP contribution in [0.15, 0.2) is 30.3 Å². The minimum Gasteiger partial charge on any atom is -0.341 e. The summed E-state index contributed by atoms with van der Waals surface area (Å²) >= 11 is 6.18. The summed E-state index contributed by atoms with van der Waals surface area (Å²) in [5, 5.41) is 8.38. The first-order chi connectivity index (χ1) is 15.5. The van der Waals surface area contributed by atoms with E-state index in [1.165, 1.54) is 0 Å². The van der Waals surface area contributed by atoms with Crippen LogP contribution in [0.2, 0.25) is 5.02 Å². The molecule has 0 bridgehead atoms. The average Bonchev–Trinajstić information content (AvgIpc) is 3.21. The number of fused-ring (bicyclic) bond motifs is 1. The second-order valence-corrected chi connectivity index (χ2v) is 9.20. The lowest BCUT2D eigenvalue weighted by atomic mass is 9.93. The zero-order chi connectivity index (χ0) is 22.2. The number of hydrogen-bond donors (Lipinski definition) is 1. The second kappa shape index (κ2) is 8.54. The minimum atomic E-state index is 0.0419. The van der Waals surface area contributed by atoms with E-state index in [9.17, 15) is 4.79 Å². The molecule has 32 heavy (non-hydrogen) atoms. The van der Waals surface area contributed by atoms with Gasteiger partial charge in [0.1, 0.15) is 0 Å². The molecule has 1 N–H and O–H groups in total. The molecular formula is C24H27ClN6O. The fourth-order valence-corrected chi connectivity index (χ4v) is 4.98. The maximum atomic E-state index is 13.4. The van der Waals surface area contributed by atoms with E-state index < -0.39 is 0 Å². The lowest BCUT2D eigenvalue weighted by Gasteiger charge is -2.35. The zero-order valence-electron chi connectivity index (χ0n) is 18.4. The third-order valence-corrected chi connectivity index (χ3v) is 6.68. The molecule has 0 aliphatic carbocycles. The third kappa shape index (κ3) is 4.09. The van der Waals surface area contributed by atoms with Crippen LogP contribution < -0.4 is 4.90 Å². The van der Waals surface area contributed by atoms with Crippen LogP contribution in [-0.2, 0) is 17.8 Å². The van der Waals surface area contributed by atoms with Crippen LogP contribution in [0.5, 0.6) is 0 Å². The Morgan fingerprint density at radius 1 is 1.09 bits per heavy atom. The number of amides is 1. The van der Waals surface area contributed by atoms with Crippen molar-refractivity contribution < 1.29 is 4.79 Å². The van der Waals surface area contributed by atoms with Crippen LogP contribution in [0.25, 0.3) is 11.3 Å². The highest BCUT2D eigenvalue weighted by molar-refractivity contribution is 6.30. The number of H-pyrrole nitrogens is 1. The molecule has 3 aromatic rings. The molecule has 5 rings (SSSR count). The number of hydrogen-bond acceptors (Lipinski definition) is 5. The van der Waals surface area contributed by atoms with Crippen LogP contribution in [0.1, 0.15) is 35.5 Å². The van der Waals surface area contributed by atoms with E-state index in [1.54, 1.807) is 0 Å². The summed E-state index contributed by atoms with van der Waals surface area (Å²) in [6.45, 7) is 6.91. The number of rotatable bonds is 3. The van der Waals surface area contributed by atoms with Crippen molar-refractivity contribution in [3.63, 3.8) is 0 Å². The van der Waals surface area contributed by atoms with Gasteiger partial charge in [-0.3, -0.25) is 9.89 Å². The van der Waals surface area contributed by atoms with Gasteiger partial charge in [-0.25, -0.2) is 9.97 Å².